The summed E-state index contributed by atoms with van der Waals surface area (Å²) in [6.45, 7) is 3.63. The van der Waals surface area contributed by atoms with Crippen molar-refractivity contribution in [2.24, 2.45) is 0 Å². The Bertz CT molecular complexity index is 330. The van der Waals surface area contributed by atoms with Crippen LogP contribution in [-0.4, -0.2) is 36.4 Å². The van der Waals surface area contributed by atoms with Crippen LogP contribution in [0.4, 0.5) is 0 Å². The maximum atomic E-state index is 11.1. The number of ether oxygens (including phenoxy) is 2. The summed E-state index contributed by atoms with van der Waals surface area (Å²) in [6, 6.07) is 0. The van der Waals surface area contributed by atoms with Gasteiger partial charge in [-0.2, -0.15) is 0 Å². The highest BCUT2D eigenvalue weighted by Crippen LogP contribution is 2.16. The van der Waals surface area contributed by atoms with Crippen molar-refractivity contribution in [1.29, 1.82) is 0 Å². The molecule has 0 aliphatic heterocycles. The highest BCUT2D eigenvalue weighted by Gasteiger charge is 2.11. The van der Waals surface area contributed by atoms with Crippen molar-refractivity contribution in [2.45, 2.75) is 103 Å². The number of esters is 2. The quantitative estimate of drug-likeness (QED) is 0.357. The van der Waals surface area contributed by atoms with Gasteiger partial charge in [0.15, 0.2) is 0 Å². The van der Waals surface area contributed by atoms with Crippen LogP contribution < -0.4 is 0 Å². The van der Waals surface area contributed by atoms with Gasteiger partial charge < -0.3 is 14.6 Å². The van der Waals surface area contributed by atoms with Crippen molar-refractivity contribution in [3.05, 3.63) is 0 Å². The molecule has 0 bridgehead atoms. The Morgan fingerprint density at radius 1 is 0.917 bits per heavy atom. The molecule has 0 aliphatic carbocycles. The van der Waals surface area contributed by atoms with Gasteiger partial charge in [0, 0.05) is 6.92 Å². The minimum absolute atomic E-state index is 0.0796. The van der Waals surface area contributed by atoms with Crippen LogP contribution in [0.1, 0.15) is 90.9 Å². The molecule has 5 heteroatoms. The fourth-order valence-corrected chi connectivity index (χ4v) is 2.77. The first-order chi connectivity index (χ1) is 11.5. The predicted molar refractivity (Wildman–Crippen MR) is 94.7 cm³/mol. The van der Waals surface area contributed by atoms with Crippen LogP contribution in [0.3, 0.4) is 0 Å². The van der Waals surface area contributed by atoms with Gasteiger partial charge in [-0.3, -0.25) is 9.59 Å². The van der Waals surface area contributed by atoms with E-state index in [1.54, 1.807) is 0 Å². The summed E-state index contributed by atoms with van der Waals surface area (Å²) in [5.74, 6) is -0.533. The van der Waals surface area contributed by atoms with Crippen LogP contribution >= 0.6 is 0 Å². The summed E-state index contributed by atoms with van der Waals surface area (Å²) in [7, 11) is 1.34. The number of rotatable bonds is 15. The van der Waals surface area contributed by atoms with Crippen molar-refractivity contribution < 1.29 is 24.2 Å². The molecular formula is C19H36O5. The fraction of sp³-hybridized carbons (Fsp3) is 0.895. The summed E-state index contributed by atoms with van der Waals surface area (Å²) in [5.41, 5.74) is 0. The molecule has 0 heterocycles. The number of aliphatic hydroxyl groups excluding tert-OH is 1. The zero-order valence-corrected chi connectivity index (χ0v) is 15.7. The van der Waals surface area contributed by atoms with E-state index >= 15 is 0 Å². The van der Waals surface area contributed by atoms with Crippen LogP contribution in [0.5, 0.6) is 0 Å². The summed E-state index contributed by atoms with van der Waals surface area (Å²) in [6.07, 6.45) is 10.9. The van der Waals surface area contributed by atoms with Crippen LogP contribution in [0.2, 0.25) is 0 Å². The Morgan fingerprint density at radius 3 is 2.00 bits per heavy atom. The largest absolute Gasteiger partial charge is 0.469 e. The summed E-state index contributed by atoms with van der Waals surface area (Å²) < 4.78 is 9.89. The molecule has 0 aromatic carbocycles. The first-order valence-corrected chi connectivity index (χ1v) is 9.41. The lowest BCUT2D eigenvalue weighted by Gasteiger charge is -2.16. The lowest BCUT2D eigenvalue weighted by Crippen LogP contribution is -2.16. The maximum absolute atomic E-state index is 11.1. The van der Waals surface area contributed by atoms with E-state index in [9.17, 15) is 14.7 Å². The molecule has 0 radical (unpaired) electrons. The highest BCUT2D eigenvalue weighted by atomic mass is 16.5. The fourth-order valence-electron chi connectivity index (χ4n) is 2.77. The molecule has 0 spiro atoms. The molecule has 1 N–H and O–H groups in total. The van der Waals surface area contributed by atoms with Crippen LogP contribution in [0, 0.1) is 0 Å². The van der Waals surface area contributed by atoms with E-state index in [1.807, 2.05) is 0 Å². The van der Waals surface area contributed by atoms with Gasteiger partial charge in [-0.05, 0) is 25.7 Å². The van der Waals surface area contributed by atoms with Gasteiger partial charge in [0.05, 0.1) is 19.6 Å². The minimum atomic E-state index is -0.583. The molecule has 0 unspecified atom stereocenters. The Kier molecular flexibility index (Phi) is 14.7. The van der Waals surface area contributed by atoms with Gasteiger partial charge in [0.2, 0.25) is 0 Å². The summed E-state index contributed by atoms with van der Waals surface area (Å²) in [4.78, 5) is 22.1. The number of carbonyl (C=O) groups excluding carboxylic acids is 2. The lowest BCUT2D eigenvalue weighted by molar-refractivity contribution is -0.147. The SMILES string of the molecule is CCCC[C@@H](CCCCCCCC[C@@H](O)CC(=O)OC)OC(C)=O. The topological polar surface area (TPSA) is 72.8 Å². The van der Waals surface area contributed by atoms with Crippen LogP contribution in [-0.2, 0) is 19.1 Å². The van der Waals surface area contributed by atoms with E-state index in [4.69, 9.17) is 4.74 Å². The minimum Gasteiger partial charge on any atom is -0.469 e. The lowest BCUT2D eigenvalue weighted by atomic mass is 10.0. The van der Waals surface area contributed by atoms with Crippen molar-refractivity contribution in [2.75, 3.05) is 7.11 Å². The van der Waals surface area contributed by atoms with Crippen LogP contribution in [0.15, 0.2) is 0 Å². The molecule has 0 rings (SSSR count). The monoisotopic (exact) mass is 344 g/mol. The Hall–Kier alpha value is -1.10. The molecule has 0 fully saturated rings. The Balaban J connectivity index is 3.56. The molecular weight excluding hydrogens is 308 g/mol. The number of hydrogen-bond acceptors (Lipinski definition) is 5. The summed E-state index contributed by atoms with van der Waals surface area (Å²) >= 11 is 0. The Morgan fingerprint density at radius 2 is 1.46 bits per heavy atom. The second-order valence-electron chi connectivity index (χ2n) is 6.51. The molecule has 0 aliphatic rings. The van der Waals surface area contributed by atoms with Gasteiger partial charge in [0.25, 0.3) is 0 Å². The van der Waals surface area contributed by atoms with Gasteiger partial charge in [-0.15, -0.1) is 0 Å². The molecule has 24 heavy (non-hydrogen) atoms. The van der Waals surface area contributed by atoms with Crippen molar-refractivity contribution in [1.82, 2.24) is 0 Å². The second kappa shape index (κ2) is 15.4. The molecule has 0 saturated heterocycles. The van der Waals surface area contributed by atoms with Crippen molar-refractivity contribution in [3.63, 3.8) is 0 Å². The smallest absolute Gasteiger partial charge is 0.308 e. The molecule has 5 nitrogen and oxygen atoms in total. The van der Waals surface area contributed by atoms with Crippen LogP contribution in [0.25, 0.3) is 0 Å². The van der Waals surface area contributed by atoms with E-state index in [0.29, 0.717) is 6.42 Å². The van der Waals surface area contributed by atoms with Gasteiger partial charge >= 0.3 is 11.9 Å². The van der Waals surface area contributed by atoms with Gasteiger partial charge in [-0.25, -0.2) is 0 Å². The first-order valence-electron chi connectivity index (χ1n) is 9.41. The third-order valence-corrected chi connectivity index (χ3v) is 4.16. The van der Waals surface area contributed by atoms with Gasteiger partial charge in [0.1, 0.15) is 6.10 Å². The van der Waals surface area contributed by atoms with E-state index in [2.05, 4.69) is 11.7 Å². The third-order valence-electron chi connectivity index (χ3n) is 4.16. The Labute approximate surface area is 147 Å². The number of methoxy groups -OCH3 is 1. The van der Waals surface area contributed by atoms with Crippen molar-refractivity contribution >= 4 is 11.9 Å². The average Bonchev–Trinajstić information content (AvgIpc) is 2.54. The third kappa shape index (κ3) is 14.5. The van der Waals surface area contributed by atoms with E-state index in [1.165, 1.54) is 14.0 Å². The van der Waals surface area contributed by atoms with E-state index < -0.39 is 6.10 Å². The zero-order chi connectivity index (χ0) is 18.2. The summed E-state index contributed by atoms with van der Waals surface area (Å²) in [5, 5.41) is 9.65. The first kappa shape index (κ1) is 22.9. The van der Waals surface area contributed by atoms with E-state index in [-0.39, 0.29) is 24.5 Å². The second-order valence-corrected chi connectivity index (χ2v) is 6.51. The molecule has 0 aromatic rings. The number of unbranched alkanes of at least 4 members (excludes halogenated alkanes) is 6. The normalized spacial score (nSPS) is 13.3. The molecule has 0 aromatic heterocycles. The molecule has 2 atom stereocenters. The standard InChI is InChI=1S/C19H36O5/c1-4-5-13-18(24-16(2)20)14-11-9-7-6-8-10-12-17(21)15-19(22)23-3/h17-18,21H,4-15H2,1-3H3/t17-,18+/m1/s1. The molecule has 0 saturated carbocycles. The average molecular weight is 344 g/mol. The highest BCUT2D eigenvalue weighted by molar-refractivity contribution is 5.69. The van der Waals surface area contributed by atoms with E-state index in [0.717, 1.165) is 64.2 Å². The predicted octanol–water partition coefficient (Wildman–Crippen LogP) is 4.15. The zero-order valence-electron chi connectivity index (χ0n) is 15.7. The molecule has 142 valence electrons. The van der Waals surface area contributed by atoms with Crippen molar-refractivity contribution in [3.8, 4) is 0 Å². The van der Waals surface area contributed by atoms with Gasteiger partial charge in [-0.1, -0.05) is 51.9 Å². The number of hydrogen-bond donors (Lipinski definition) is 1. The maximum Gasteiger partial charge on any atom is 0.308 e. The number of aliphatic hydroxyl groups is 1. The molecule has 0 amide bonds. The number of carbonyl (C=O) groups is 2.